The van der Waals surface area contributed by atoms with E-state index >= 15 is 0 Å². The highest BCUT2D eigenvalue weighted by atomic mass is 16.6. The van der Waals surface area contributed by atoms with E-state index in [-0.39, 0.29) is 18.6 Å². The van der Waals surface area contributed by atoms with Crippen LogP contribution in [0.4, 0.5) is 0 Å². The fraction of sp³-hybridized carbons (Fsp3) is 0.667. The van der Waals surface area contributed by atoms with E-state index in [9.17, 15) is 9.90 Å². The molecular weight excluding hydrogens is 170 g/mol. The molecule has 4 nitrogen and oxygen atoms in total. The van der Waals surface area contributed by atoms with Gasteiger partial charge in [-0.05, 0) is 13.8 Å². The Balaban J connectivity index is 0.000000243. The largest absolute Gasteiger partial charge is 0.370 e. The second kappa shape index (κ2) is 6.62. The van der Waals surface area contributed by atoms with Crippen molar-refractivity contribution in [3.05, 3.63) is 12.2 Å². The first-order valence-corrected chi connectivity index (χ1v) is 4.25. The summed E-state index contributed by atoms with van der Waals surface area (Å²) in [6, 6.07) is 0. The highest BCUT2D eigenvalue weighted by Gasteiger charge is 2.20. The second-order valence-corrected chi connectivity index (χ2v) is 2.76. The summed E-state index contributed by atoms with van der Waals surface area (Å²) in [6.07, 6.45) is 0.0787. The smallest absolute Gasteiger partial charge is 0.246 e. The normalized spacial score (nSPS) is 18.2. The molecule has 1 unspecified atom stereocenters. The van der Waals surface area contributed by atoms with Crippen LogP contribution in [-0.4, -0.2) is 31.8 Å². The zero-order valence-electron chi connectivity index (χ0n) is 8.13. The first-order chi connectivity index (χ1) is 6.11. The predicted octanol–water partition coefficient (Wildman–Crippen LogP) is 0.514. The lowest BCUT2D eigenvalue weighted by Crippen LogP contribution is -2.22. The van der Waals surface area contributed by atoms with Gasteiger partial charge in [-0.1, -0.05) is 6.58 Å². The third-order valence-electron chi connectivity index (χ3n) is 1.31. The molecule has 1 saturated heterocycles. The Labute approximate surface area is 78.6 Å². The van der Waals surface area contributed by atoms with E-state index in [1.165, 1.54) is 0 Å². The summed E-state index contributed by atoms with van der Waals surface area (Å²) in [4.78, 5) is 10.5. The predicted molar refractivity (Wildman–Crippen MR) is 48.8 cm³/mol. The Morgan fingerprint density at radius 1 is 1.69 bits per heavy atom. The third-order valence-corrected chi connectivity index (χ3v) is 1.31. The molecule has 0 saturated carbocycles. The van der Waals surface area contributed by atoms with Gasteiger partial charge in [0.15, 0.2) is 0 Å². The first-order valence-electron chi connectivity index (χ1n) is 4.25. The van der Waals surface area contributed by atoms with Crippen LogP contribution in [0.15, 0.2) is 12.2 Å². The van der Waals surface area contributed by atoms with Crippen LogP contribution in [0.25, 0.3) is 0 Å². The molecular formula is C9H16NO3. The molecule has 0 aromatic heterocycles. The molecule has 13 heavy (non-hydrogen) atoms. The van der Waals surface area contributed by atoms with Crippen molar-refractivity contribution in [2.75, 3.05) is 19.8 Å². The van der Waals surface area contributed by atoms with Crippen molar-refractivity contribution in [3.63, 3.8) is 0 Å². The van der Waals surface area contributed by atoms with Crippen molar-refractivity contribution in [2.45, 2.75) is 20.0 Å². The lowest BCUT2D eigenvalue weighted by atomic mass is 10.3. The molecule has 1 atom stereocenters. The summed E-state index contributed by atoms with van der Waals surface area (Å²) in [5.41, 5.74) is 0.562. The van der Waals surface area contributed by atoms with Gasteiger partial charge in [0.2, 0.25) is 5.91 Å². The fourth-order valence-electron chi connectivity index (χ4n) is 0.476. The lowest BCUT2D eigenvalue weighted by Gasteiger charge is -1.97. The zero-order chi connectivity index (χ0) is 10.3. The number of hydrogen-bond acceptors (Lipinski definition) is 2. The minimum Gasteiger partial charge on any atom is -0.370 e. The van der Waals surface area contributed by atoms with Gasteiger partial charge in [-0.3, -0.25) is 4.79 Å². The van der Waals surface area contributed by atoms with E-state index in [0.29, 0.717) is 18.7 Å². The van der Waals surface area contributed by atoms with Crippen LogP contribution < -0.4 is 5.32 Å². The van der Waals surface area contributed by atoms with Gasteiger partial charge in [0.1, 0.15) is 12.7 Å². The standard InChI is InChI=1S/C6H11NO.C3H5O2/c1-4-7-6(8)5(2)3;4-1-3-2-5-3/h2,4H2,1,3H3,(H,7,8);3H,1-2H2. The molecule has 0 aromatic carbocycles. The number of hydrogen-bond donors (Lipinski definition) is 1. The maximum atomic E-state index is 10.5. The van der Waals surface area contributed by atoms with Crippen molar-refractivity contribution in [1.82, 2.24) is 5.32 Å². The Hall–Kier alpha value is -0.870. The summed E-state index contributed by atoms with van der Waals surface area (Å²) in [5.74, 6) is -0.0625. The van der Waals surface area contributed by atoms with Crippen molar-refractivity contribution in [2.24, 2.45) is 0 Å². The van der Waals surface area contributed by atoms with E-state index < -0.39 is 0 Å². The highest BCUT2D eigenvalue weighted by molar-refractivity contribution is 5.91. The van der Waals surface area contributed by atoms with Gasteiger partial charge in [-0.15, -0.1) is 0 Å². The van der Waals surface area contributed by atoms with Crippen LogP contribution in [0.5, 0.6) is 0 Å². The number of epoxide rings is 1. The number of nitrogens with one attached hydrogen (secondary N) is 1. The Morgan fingerprint density at radius 3 is 2.31 bits per heavy atom. The van der Waals surface area contributed by atoms with Crippen LogP contribution in [0.2, 0.25) is 0 Å². The second-order valence-electron chi connectivity index (χ2n) is 2.76. The fourth-order valence-corrected chi connectivity index (χ4v) is 0.476. The molecule has 1 aliphatic rings. The quantitative estimate of drug-likeness (QED) is 0.515. The molecule has 0 spiro atoms. The van der Waals surface area contributed by atoms with E-state index in [4.69, 9.17) is 0 Å². The molecule has 1 heterocycles. The van der Waals surface area contributed by atoms with E-state index in [1.807, 2.05) is 6.92 Å². The first kappa shape index (κ1) is 12.1. The van der Waals surface area contributed by atoms with Crippen molar-refractivity contribution < 1.29 is 14.6 Å². The van der Waals surface area contributed by atoms with Gasteiger partial charge in [0, 0.05) is 12.1 Å². The van der Waals surface area contributed by atoms with Gasteiger partial charge in [0.05, 0.1) is 6.61 Å². The highest BCUT2D eigenvalue weighted by Crippen LogP contribution is 2.05. The van der Waals surface area contributed by atoms with Crippen molar-refractivity contribution in [3.8, 4) is 0 Å². The van der Waals surface area contributed by atoms with Crippen LogP contribution in [0.1, 0.15) is 13.8 Å². The summed E-state index contributed by atoms with van der Waals surface area (Å²) in [5, 5.41) is 12.2. The molecule has 1 fully saturated rings. The van der Waals surface area contributed by atoms with Gasteiger partial charge >= 0.3 is 0 Å². The summed E-state index contributed by atoms with van der Waals surface area (Å²) in [6.45, 7) is 8.34. The van der Waals surface area contributed by atoms with Crippen molar-refractivity contribution >= 4 is 5.91 Å². The number of amides is 1. The summed E-state index contributed by atoms with van der Waals surface area (Å²) >= 11 is 0. The summed E-state index contributed by atoms with van der Waals surface area (Å²) < 4.78 is 4.55. The number of carbonyl (C=O) groups is 1. The van der Waals surface area contributed by atoms with Crippen LogP contribution >= 0.6 is 0 Å². The van der Waals surface area contributed by atoms with E-state index in [1.54, 1.807) is 6.92 Å². The lowest BCUT2D eigenvalue weighted by molar-refractivity contribution is -0.117. The Kier molecular flexibility index (Phi) is 6.18. The number of ether oxygens (including phenoxy) is 1. The number of rotatable bonds is 3. The van der Waals surface area contributed by atoms with Crippen LogP contribution in [0, 0.1) is 0 Å². The monoisotopic (exact) mass is 186 g/mol. The molecule has 1 amide bonds. The average molecular weight is 186 g/mol. The average Bonchev–Trinajstić information content (AvgIpc) is 2.88. The molecule has 0 aliphatic carbocycles. The maximum Gasteiger partial charge on any atom is 0.246 e. The molecule has 1 rings (SSSR count). The molecule has 1 radical (unpaired) electrons. The van der Waals surface area contributed by atoms with E-state index in [0.717, 1.165) is 0 Å². The molecule has 1 N–H and O–H groups in total. The molecule has 0 bridgehead atoms. The Morgan fingerprint density at radius 2 is 2.23 bits per heavy atom. The molecule has 0 aromatic rings. The SMILES string of the molecule is C=C(C)C(=O)NCC.[O]CC1CO1. The van der Waals surface area contributed by atoms with E-state index in [2.05, 4.69) is 16.6 Å². The zero-order valence-corrected chi connectivity index (χ0v) is 8.13. The number of carbonyl (C=O) groups excluding carboxylic acids is 1. The van der Waals surface area contributed by atoms with Gasteiger partial charge in [-0.25, -0.2) is 5.11 Å². The topological polar surface area (TPSA) is 61.5 Å². The van der Waals surface area contributed by atoms with Gasteiger partial charge < -0.3 is 10.1 Å². The van der Waals surface area contributed by atoms with Gasteiger partial charge in [0.25, 0.3) is 0 Å². The minimum absolute atomic E-state index is 0.0556. The van der Waals surface area contributed by atoms with Gasteiger partial charge in [-0.2, -0.15) is 0 Å². The minimum atomic E-state index is -0.0625. The molecule has 4 heteroatoms. The van der Waals surface area contributed by atoms with Crippen LogP contribution in [0.3, 0.4) is 0 Å². The molecule has 75 valence electrons. The third kappa shape index (κ3) is 7.49. The Bertz CT molecular complexity index is 176. The summed E-state index contributed by atoms with van der Waals surface area (Å²) in [7, 11) is 0. The van der Waals surface area contributed by atoms with Crippen molar-refractivity contribution in [1.29, 1.82) is 0 Å². The van der Waals surface area contributed by atoms with Crippen LogP contribution in [-0.2, 0) is 14.6 Å². The maximum absolute atomic E-state index is 10.5. The number of likely N-dealkylation sites (N-methyl/N-ethyl adjacent to an activating group) is 1. The molecule has 1 aliphatic heterocycles.